The maximum absolute atomic E-state index is 13.1. The highest BCUT2D eigenvalue weighted by atomic mass is 32.1. The van der Waals surface area contributed by atoms with Gasteiger partial charge in [-0.25, -0.2) is 9.37 Å². The Balaban J connectivity index is 1.39. The minimum absolute atomic E-state index is 0.144. The van der Waals surface area contributed by atoms with Gasteiger partial charge in [-0.1, -0.05) is 26.0 Å². The largest absolute Gasteiger partial charge is 0.457 e. The summed E-state index contributed by atoms with van der Waals surface area (Å²) in [5, 5.41) is 6.31. The molecule has 1 atom stereocenters. The smallest absolute Gasteiger partial charge is 0.251 e. The number of nitrogens with zero attached hydrogens (tertiary/aromatic N) is 1. The van der Waals surface area contributed by atoms with Gasteiger partial charge in [0.15, 0.2) is 10.8 Å². The molecule has 8 heteroatoms. The van der Waals surface area contributed by atoms with Gasteiger partial charge in [-0.15, -0.1) is 11.3 Å². The van der Waals surface area contributed by atoms with E-state index in [9.17, 15) is 14.0 Å². The quantitative estimate of drug-likeness (QED) is 0.424. The zero-order chi connectivity index (χ0) is 22.7. The van der Waals surface area contributed by atoms with Crippen molar-refractivity contribution in [1.82, 2.24) is 15.6 Å². The highest BCUT2D eigenvalue weighted by molar-refractivity contribution is 7.21. The second kappa shape index (κ2) is 9.32. The van der Waals surface area contributed by atoms with Gasteiger partial charge in [-0.05, 0) is 54.4 Å². The molecule has 4 rings (SSSR count). The molecule has 0 bridgehead atoms. The van der Waals surface area contributed by atoms with E-state index in [1.54, 1.807) is 6.07 Å². The number of benzene rings is 2. The molecule has 0 saturated heterocycles. The van der Waals surface area contributed by atoms with Crippen LogP contribution in [0.5, 0.6) is 0 Å². The Morgan fingerprint density at radius 1 is 1.06 bits per heavy atom. The van der Waals surface area contributed by atoms with Gasteiger partial charge in [-0.2, -0.15) is 0 Å². The molecule has 0 aliphatic heterocycles. The number of fused-ring (bicyclic) bond motifs is 1. The number of thiazole rings is 1. The van der Waals surface area contributed by atoms with Crippen molar-refractivity contribution in [3.8, 4) is 10.8 Å². The molecule has 164 valence electrons. The van der Waals surface area contributed by atoms with Crippen LogP contribution in [-0.4, -0.2) is 22.8 Å². The Hall–Kier alpha value is -3.52. The number of para-hydroxylation sites is 1. The van der Waals surface area contributed by atoms with Gasteiger partial charge in [0.2, 0.25) is 5.91 Å². The number of amides is 2. The molecule has 0 fully saturated rings. The summed E-state index contributed by atoms with van der Waals surface area (Å²) in [5.74, 6) is -0.110. The summed E-state index contributed by atoms with van der Waals surface area (Å²) in [7, 11) is 0. The second-order valence-corrected chi connectivity index (χ2v) is 8.70. The Bertz CT molecular complexity index is 1210. The minimum Gasteiger partial charge on any atom is -0.457 e. The number of aromatic nitrogens is 1. The lowest BCUT2D eigenvalue weighted by Gasteiger charge is -2.21. The number of furan rings is 1. The van der Waals surface area contributed by atoms with Crippen molar-refractivity contribution in [2.75, 3.05) is 0 Å². The fourth-order valence-electron chi connectivity index (χ4n) is 3.21. The Kier molecular flexibility index (Phi) is 6.32. The summed E-state index contributed by atoms with van der Waals surface area (Å²) in [6, 6.07) is 15.9. The zero-order valence-electron chi connectivity index (χ0n) is 17.6. The maximum atomic E-state index is 13.1. The first kappa shape index (κ1) is 21.7. The lowest BCUT2D eigenvalue weighted by atomic mass is 10.0. The van der Waals surface area contributed by atoms with Gasteiger partial charge >= 0.3 is 0 Å². The third kappa shape index (κ3) is 4.86. The molecule has 0 aliphatic rings. The molecule has 1 unspecified atom stereocenters. The maximum Gasteiger partial charge on any atom is 0.251 e. The Morgan fingerprint density at radius 2 is 1.81 bits per heavy atom. The first-order valence-electron chi connectivity index (χ1n) is 10.2. The van der Waals surface area contributed by atoms with E-state index < -0.39 is 17.8 Å². The molecule has 32 heavy (non-hydrogen) atoms. The van der Waals surface area contributed by atoms with Crippen LogP contribution in [0.4, 0.5) is 4.39 Å². The molecule has 0 spiro atoms. The molecule has 2 N–H and O–H groups in total. The van der Waals surface area contributed by atoms with Crippen LogP contribution in [0.1, 0.15) is 30.0 Å². The summed E-state index contributed by atoms with van der Waals surface area (Å²) < 4.78 is 20.0. The Labute approximate surface area is 188 Å². The highest BCUT2D eigenvalue weighted by Gasteiger charge is 2.25. The van der Waals surface area contributed by atoms with Crippen molar-refractivity contribution in [2.45, 2.75) is 26.4 Å². The van der Waals surface area contributed by atoms with Crippen molar-refractivity contribution in [1.29, 1.82) is 0 Å². The molecule has 2 aromatic carbocycles. The molecular formula is C24H22FN3O3S. The molecular weight excluding hydrogens is 429 g/mol. The van der Waals surface area contributed by atoms with Crippen LogP contribution in [0, 0.1) is 11.7 Å². The fraction of sp³-hybridized carbons (Fsp3) is 0.208. The van der Waals surface area contributed by atoms with Crippen LogP contribution >= 0.6 is 11.3 Å². The molecule has 0 radical (unpaired) electrons. The van der Waals surface area contributed by atoms with Gasteiger partial charge in [0, 0.05) is 5.56 Å². The van der Waals surface area contributed by atoms with Gasteiger partial charge in [0.1, 0.15) is 17.6 Å². The first-order chi connectivity index (χ1) is 15.4. The number of hydrogen-bond donors (Lipinski definition) is 2. The van der Waals surface area contributed by atoms with E-state index in [1.807, 2.05) is 44.2 Å². The van der Waals surface area contributed by atoms with E-state index in [-0.39, 0.29) is 23.9 Å². The van der Waals surface area contributed by atoms with Crippen LogP contribution in [0.15, 0.2) is 65.1 Å². The number of carbonyl (C=O) groups excluding carboxylic acids is 2. The molecule has 4 aromatic rings. The molecule has 2 aromatic heterocycles. The lowest BCUT2D eigenvalue weighted by Crippen LogP contribution is -2.49. The zero-order valence-corrected chi connectivity index (χ0v) is 18.4. The summed E-state index contributed by atoms with van der Waals surface area (Å²) in [6.07, 6.45) is 0. The minimum atomic E-state index is -0.744. The topological polar surface area (TPSA) is 84.2 Å². The highest BCUT2D eigenvalue weighted by Crippen LogP contribution is 2.31. The first-order valence-corrected chi connectivity index (χ1v) is 11.0. The Morgan fingerprint density at radius 3 is 2.53 bits per heavy atom. The summed E-state index contributed by atoms with van der Waals surface area (Å²) >= 11 is 1.54. The van der Waals surface area contributed by atoms with Crippen molar-refractivity contribution < 1.29 is 18.4 Å². The molecule has 2 amide bonds. The van der Waals surface area contributed by atoms with E-state index in [1.165, 1.54) is 35.6 Å². The molecule has 2 heterocycles. The molecule has 0 saturated carbocycles. The standard InChI is InChI=1S/C24H22FN3O3S/c1-14(2)21(28-22(29)15-7-9-16(25)10-8-15)23(30)26-13-17-11-12-19(31-17)24-27-18-5-3-4-6-20(18)32-24/h3-12,14,21H,13H2,1-2H3,(H,26,30)(H,28,29). The van der Waals surface area contributed by atoms with E-state index in [0.29, 0.717) is 11.5 Å². The average molecular weight is 452 g/mol. The summed E-state index contributed by atoms with van der Waals surface area (Å²) in [5.41, 5.74) is 1.20. The average Bonchev–Trinajstić information content (AvgIpc) is 3.42. The summed E-state index contributed by atoms with van der Waals surface area (Å²) in [6.45, 7) is 3.86. The number of rotatable bonds is 7. The van der Waals surface area contributed by atoms with Crippen LogP contribution in [0.2, 0.25) is 0 Å². The number of halogens is 1. The van der Waals surface area contributed by atoms with Gasteiger partial charge in [0.25, 0.3) is 5.91 Å². The van der Waals surface area contributed by atoms with Gasteiger partial charge in [0.05, 0.1) is 16.8 Å². The third-order valence-corrected chi connectivity index (χ3v) is 6.00. The summed E-state index contributed by atoms with van der Waals surface area (Å²) in [4.78, 5) is 29.8. The fourth-order valence-corrected chi connectivity index (χ4v) is 4.14. The predicted molar refractivity (Wildman–Crippen MR) is 122 cm³/mol. The predicted octanol–water partition coefficient (Wildman–Crippen LogP) is 4.77. The number of hydrogen-bond acceptors (Lipinski definition) is 5. The van der Waals surface area contributed by atoms with E-state index >= 15 is 0 Å². The monoisotopic (exact) mass is 451 g/mol. The molecule has 6 nitrogen and oxygen atoms in total. The third-order valence-electron chi connectivity index (χ3n) is 4.95. The van der Waals surface area contributed by atoms with Crippen LogP contribution in [0.3, 0.4) is 0 Å². The lowest BCUT2D eigenvalue weighted by molar-refractivity contribution is -0.124. The normalized spacial score (nSPS) is 12.1. The van der Waals surface area contributed by atoms with Crippen LogP contribution < -0.4 is 10.6 Å². The second-order valence-electron chi connectivity index (χ2n) is 7.67. The number of nitrogens with one attached hydrogen (secondary N) is 2. The van der Waals surface area contributed by atoms with E-state index in [0.717, 1.165) is 15.2 Å². The van der Waals surface area contributed by atoms with E-state index in [2.05, 4.69) is 15.6 Å². The van der Waals surface area contributed by atoms with Crippen molar-refractivity contribution in [3.63, 3.8) is 0 Å². The van der Waals surface area contributed by atoms with Crippen molar-refractivity contribution in [3.05, 3.63) is 77.8 Å². The van der Waals surface area contributed by atoms with E-state index in [4.69, 9.17) is 4.42 Å². The van der Waals surface area contributed by atoms with Gasteiger partial charge < -0.3 is 15.1 Å². The van der Waals surface area contributed by atoms with Crippen molar-refractivity contribution in [2.24, 2.45) is 5.92 Å². The van der Waals surface area contributed by atoms with Gasteiger partial charge in [-0.3, -0.25) is 9.59 Å². The van der Waals surface area contributed by atoms with Crippen LogP contribution in [-0.2, 0) is 11.3 Å². The SMILES string of the molecule is CC(C)C(NC(=O)c1ccc(F)cc1)C(=O)NCc1ccc(-c2nc3ccccc3s2)o1. The molecule has 0 aliphatic carbocycles. The number of carbonyl (C=O) groups is 2. The van der Waals surface area contributed by atoms with Crippen molar-refractivity contribution >= 4 is 33.4 Å². The van der Waals surface area contributed by atoms with Crippen LogP contribution in [0.25, 0.3) is 21.0 Å².